The number of nitrogens with two attached hydrogens (primary N) is 3. The normalized spacial score (nSPS) is 11.9. The van der Waals surface area contributed by atoms with Gasteiger partial charge >= 0.3 is 7.75 Å². The summed E-state index contributed by atoms with van der Waals surface area (Å²) in [5.41, 5.74) is 15.3. The van der Waals surface area contributed by atoms with Crippen LogP contribution in [-0.2, 0) is 13.6 Å². The van der Waals surface area contributed by atoms with E-state index in [9.17, 15) is 4.57 Å². The minimum Gasteiger partial charge on any atom is -0.328 e. The molecule has 0 aliphatic heterocycles. The van der Waals surface area contributed by atoms with Crippen molar-refractivity contribution < 1.29 is 13.6 Å². The molecule has 0 saturated heterocycles. The Morgan fingerprint density at radius 2 is 1.45 bits per heavy atom. The lowest BCUT2D eigenvalue weighted by molar-refractivity contribution is 0.213. The molecule has 68 valence electrons. The Hall–Kier alpha value is 0.0300. The van der Waals surface area contributed by atoms with E-state index in [0.29, 0.717) is 0 Å². The molecule has 0 atom stereocenters. The quantitative estimate of drug-likeness (QED) is 0.455. The van der Waals surface area contributed by atoms with E-state index in [1.807, 2.05) is 0 Å². The minimum atomic E-state index is -3.39. The van der Waals surface area contributed by atoms with E-state index < -0.39 is 7.75 Å². The molecular weight excluding hydrogens is 169 g/mol. The molecule has 0 unspecified atom stereocenters. The summed E-state index contributed by atoms with van der Waals surface area (Å²) in [7, 11) is -3.39. The van der Waals surface area contributed by atoms with Gasteiger partial charge in [-0.15, -0.1) is 0 Å². The fourth-order valence-corrected chi connectivity index (χ4v) is 1.19. The Balaban J connectivity index is 3.53. The van der Waals surface area contributed by atoms with Crippen LogP contribution in [-0.4, -0.2) is 26.3 Å². The summed E-state index contributed by atoms with van der Waals surface area (Å²) >= 11 is 0. The highest BCUT2D eigenvalue weighted by Crippen LogP contribution is 2.37. The zero-order chi connectivity index (χ0) is 8.74. The predicted molar refractivity (Wildman–Crippen MR) is 41.8 cm³/mol. The monoisotopic (exact) mass is 183 g/mol. The molecule has 6 nitrogen and oxygen atoms in total. The van der Waals surface area contributed by atoms with Gasteiger partial charge in [-0.25, -0.2) is 10.1 Å². The van der Waals surface area contributed by atoms with Crippen LogP contribution in [0.2, 0.25) is 0 Å². The Morgan fingerprint density at radius 1 is 1.09 bits per heavy atom. The lowest BCUT2D eigenvalue weighted by Gasteiger charge is -2.11. The molecule has 0 aromatic carbocycles. The maximum absolute atomic E-state index is 11.0. The summed E-state index contributed by atoms with van der Waals surface area (Å²) in [4.78, 5) is 0. The summed E-state index contributed by atoms with van der Waals surface area (Å²) in [5.74, 6) is 0. The number of hydrogen-bond donors (Lipinski definition) is 3. The van der Waals surface area contributed by atoms with Gasteiger partial charge in [-0.1, -0.05) is 0 Å². The van der Waals surface area contributed by atoms with Crippen LogP contribution in [0.5, 0.6) is 0 Å². The van der Waals surface area contributed by atoms with Crippen molar-refractivity contribution in [1.29, 1.82) is 0 Å². The van der Waals surface area contributed by atoms with Gasteiger partial charge in [0.2, 0.25) is 0 Å². The highest BCUT2D eigenvalue weighted by Gasteiger charge is 2.16. The fourth-order valence-electron chi connectivity index (χ4n) is 0.397. The van der Waals surface area contributed by atoms with Crippen LogP contribution in [0.4, 0.5) is 0 Å². The summed E-state index contributed by atoms with van der Waals surface area (Å²) in [6.07, 6.45) is 0. The Morgan fingerprint density at radius 3 is 1.73 bits per heavy atom. The summed E-state index contributed by atoms with van der Waals surface area (Å²) in [6.45, 7) is 0.761. The average molecular weight is 183 g/mol. The van der Waals surface area contributed by atoms with Gasteiger partial charge < -0.3 is 11.5 Å². The second-order valence-corrected chi connectivity index (χ2v) is 3.38. The molecule has 0 aliphatic carbocycles. The predicted octanol–water partition coefficient (Wildman–Crippen LogP) is -0.996. The second-order valence-electron chi connectivity index (χ2n) is 1.78. The Labute approximate surface area is 65.6 Å². The summed E-state index contributed by atoms with van der Waals surface area (Å²) in [6, 6.07) is 0. The average Bonchev–Trinajstić information content (AvgIpc) is 1.97. The standard InChI is InChI=1S/C4H14N3O3P/c5-1-3-9-11(7,8)10-4-2-6/h1-6H2,(H2,7,8). The molecule has 0 saturated carbocycles. The van der Waals surface area contributed by atoms with Crippen LogP contribution in [0.3, 0.4) is 0 Å². The van der Waals surface area contributed by atoms with Crippen LogP contribution in [0, 0.1) is 0 Å². The fraction of sp³-hybridized carbons (Fsp3) is 1.00. The molecule has 0 radical (unpaired) electrons. The molecule has 0 bridgehead atoms. The lowest BCUT2D eigenvalue weighted by atomic mass is 10.8. The number of rotatable bonds is 6. The van der Waals surface area contributed by atoms with E-state index in [1.165, 1.54) is 0 Å². The van der Waals surface area contributed by atoms with Crippen molar-refractivity contribution >= 4 is 7.75 Å². The van der Waals surface area contributed by atoms with Crippen molar-refractivity contribution in [2.75, 3.05) is 26.3 Å². The van der Waals surface area contributed by atoms with Gasteiger partial charge in [0.05, 0.1) is 13.2 Å². The molecule has 0 amide bonds. The SMILES string of the molecule is NCCOP(N)(=O)OCCN. The third-order valence-corrected chi connectivity index (χ3v) is 1.86. The van der Waals surface area contributed by atoms with Gasteiger partial charge in [-0.05, 0) is 0 Å². The Bertz CT molecular complexity index is 131. The van der Waals surface area contributed by atoms with Crippen LogP contribution >= 0.6 is 7.75 Å². The smallest absolute Gasteiger partial charge is 0.328 e. The van der Waals surface area contributed by atoms with E-state index in [2.05, 4.69) is 9.05 Å². The van der Waals surface area contributed by atoms with E-state index in [0.717, 1.165) is 0 Å². The molecule has 0 rings (SSSR count). The maximum atomic E-state index is 11.0. The topological polar surface area (TPSA) is 114 Å². The van der Waals surface area contributed by atoms with E-state index in [4.69, 9.17) is 17.0 Å². The van der Waals surface area contributed by atoms with Crippen molar-refractivity contribution in [3.05, 3.63) is 0 Å². The van der Waals surface area contributed by atoms with Gasteiger partial charge in [-0.2, -0.15) is 0 Å². The molecule has 0 aromatic heterocycles. The second kappa shape index (κ2) is 5.65. The van der Waals surface area contributed by atoms with Crippen LogP contribution in [0.25, 0.3) is 0 Å². The molecular formula is C4H14N3O3P. The first-order chi connectivity index (χ1) is 5.12. The summed E-state index contributed by atoms with van der Waals surface area (Å²) in [5, 5.41) is 0. The van der Waals surface area contributed by atoms with Gasteiger partial charge in [0, 0.05) is 13.1 Å². The minimum absolute atomic E-state index is 0.123. The third-order valence-electron chi connectivity index (χ3n) is 0.778. The van der Waals surface area contributed by atoms with Gasteiger partial charge in [0.15, 0.2) is 0 Å². The molecule has 0 aliphatic rings. The van der Waals surface area contributed by atoms with E-state index in [-0.39, 0.29) is 26.3 Å². The largest absolute Gasteiger partial charge is 0.402 e. The van der Waals surface area contributed by atoms with Gasteiger partial charge in [-0.3, -0.25) is 9.05 Å². The van der Waals surface area contributed by atoms with Crippen molar-refractivity contribution in [2.45, 2.75) is 0 Å². The van der Waals surface area contributed by atoms with Crippen molar-refractivity contribution in [2.24, 2.45) is 17.0 Å². The zero-order valence-electron chi connectivity index (χ0n) is 6.23. The molecule has 6 N–H and O–H groups in total. The zero-order valence-corrected chi connectivity index (χ0v) is 7.13. The van der Waals surface area contributed by atoms with Crippen molar-refractivity contribution in [3.8, 4) is 0 Å². The first kappa shape index (κ1) is 11.0. The molecule has 0 heterocycles. The molecule has 0 aromatic rings. The lowest BCUT2D eigenvalue weighted by Crippen LogP contribution is -2.14. The summed E-state index contributed by atoms with van der Waals surface area (Å²) < 4.78 is 20.2. The van der Waals surface area contributed by atoms with Crippen LogP contribution < -0.4 is 17.0 Å². The highest BCUT2D eigenvalue weighted by atomic mass is 31.2. The van der Waals surface area contributed by atoms with Crippen molar-refractivity contribution in [1.82, 2.24) is 0 Å². The molecule has 0 spiro atoms. The van der Waals surface area contributed by atoms with Crippen LogP contribution in [0.15, 0.2) is 0 Å². The van der Waals surface area contributed by atoms with E-state index >= 15 is 0 Å². The highest BCUT2D eigenvalue weighted by molar-refractivity contribution is 7.51. The third kappa shape index (κ3) is 6.43. The van der Waals surface area contributed by atoms with Crippen molar-refractivity contribution in [3.63, 3.8) is 0 Å². The molecule has 11 heavy (non-hydrogen) atoms. The van der Waals surface area contributed by atoms with E-state index in [1.54, 1.807) is 0 Å². The van der Waals surface area contributed by atoms with Gasteiger partial charge in [0.25, 0.3) is 0 Å². The number of hydrogen-bond acceptors (Lipinski definition) is 5. The molecule has 7 heteroatoms. The maximum Gasteiger partial charge on any atom is 0.402 e. The van der Waals surface area contributed by atoms with Gasteiger partial charge in [0.1, 0.15) is 0 Å². The first-order valence-electron chi connectivity index (χ1n) is 3.20. The first-order valence-corrected chi connectivity index (χ1v) is 4.81. The molecule has 0 fully saturated rings. The Kier molecular flexibility index (Phi) is 5.67. The van der Waals surface area contributed by atoms with Crippen LogP contribution in [0.1, 0.15) is 0 Å².